The van der Waals surface area contributed by atoms with Crippen molar-refractivity contribution in [3.8, 4) is 5.82 Å². The van der Waals surface area contributed by atoms with Gasteiger partial charge in [-0.15, -0.1) is 0 Å². The fourth-order valence-corrected chi connectivity index (χ4v) is 3.34. The number of benzene rings is 1. The van der Waals surface area contributed by atoms with E-state index in [4.69, 9.17) is 0 Å². The van der Waals surface area contributed by atoms with Crippen LogP contribution in [0.15, 0.2) is 48.7 Å². The van der Waals surface area contributed by atoms with Crippen LogP contribution in [0.25, 0.3) is 5.82 Å². The van der Waals surface area contributed by atoms with Crippen LogP contribution in [-0.2, 0) is 11.0 Å². The van der Waals surface area contributed by atoms with Crippen molar-refractivity contribution in [2.24, 2.45) is 0 Å². The number of halogens is 3. The summed E-state index contributed by atoms with van der Waals surface area (Å²) in [6.45, 7) is 2.35. The molecule has 0 radical (unpaired) electrons. The van der Waals surface area contributed by atoms with Crippen molar-refractivity contribution in [2.75, 3.05) is 16.8 Å². The van der Waals surface area contributed by atoms with Crippen molar-refractivity contribution in [1.82, 2.24) is 14.8 Å². The molecular weight excluding hydrogens is 411 g/mol. The van der Waals surface area contributed by atoms with Crippen LogP contribution in [0.5, 0.6) is 0 Å². The summed E-state index contributed by atoms with van der Waals surface area (Å²) in [5, 5.41) is 6.92. The lowest BCUT2D eigenvalue weighted by atomic mass is 10.2. The molecule has 1 saturated heterocycles. The topological polar surface area (TPSA) is 80.1 Å². The third kappa shape index (κ3) is 4.27. The number of nitrogens with one attached hydrogen (secondary N) is 1. The molecular formula is C21H18F3N5O2. The van der Waals surface area contributed by atoms with Crippen molar-refractivity contribution < 1.29 is 22.8 Å². The van der Waals surface area contributed by atoms with E-state index in [0.717, 1.165) is 24.4 Å². The number of aromatic nitrogens is 3. The van der Waals surface area contributed by atoms with E-state index in [1.54, 1.807) is 42.2 Å². The minimum atomic E-state index is -4.49. The molecule has 1 N–H and O–H groups in total. The van der Waals surface area contributed by atoms with Gasteiger partial charge >= 0.3 is 6.18 Å². The Bertz CT molecular complexity index is 1120. The number of rotatable bonds is 4. The molecule has 0 aliphatic carbocycles. The molecule has 7 nitrogen and oxygen atoms in total. The highest BCUT2D eigenvalue weighted by Crippen LogP contribution is 2.29. The summed E-state index contributed by atoms with van der Waals surface area (Å²) in [5.41, 5.74) is 0.775. The van der Waals surface area contributed by atoms with Gasteiger partial charge in [0, 0.05) is 36.5 Å². The second kappa shape index (κ2) is 7.86. The average Bonchev–Trinajstić information content (AvgIpc) is 3.32. The smallest absolute Gasteiger partial charge is 0.312 e. The van der Waals surface area contributed by atoms with Crippen LogP contribution >= 0.6 is 0 Å². The first-order chi connectivity index (χ1) is 14.7. The monoisotopic (exact) mass is 429 g/mol. The first-order valence-electron chi connectivity index (χ1n) is 9.54. The number of hydrogen-bond donors (Lipinski definition) is 1. The molecule has 31 heavy (non-hydrogen) atoms. The average molecular weight is 429 g/mol. The van der Waals surface area contributed by atoms with Gasteiger partial charge < -0.3 is 10.2 Å². The predicted molar refractivity (Wildman–Crippen MR) is 107 cm³/mol. The number of aryl methyl sites for hydroxylation is 1. The Hall–Kier alpha value is -3.69. The largest absolute Gasteiger partial charge is 0.417 e. The Morgan fingerprint density at radius 1 is 1.13 bits per heavy atom. The van der Waals surface area contributed by atoms with Gasteiger partial charge in [-0.1, -0.05) is 0 Å². The second-order valence-electron chi connectivity index (χ2n) is 7.14. The molecule has 1 aliphatic heterocycles. The zero-order chi connectivity index (χ0) is 22.2. The van der Waals surface area contributed by atoms with Crippen molar-refractivity contribution in [2.45, 2.75) is 25.9 Å². The highest BCUT2D eigenvalue weighted by atomic mass is 19.4. The Labute approximate surface area is 175 Å². The van der Waals surface area contributed by atoms with Crippen LogP contribution in [0.3, 0.4) is 0 Å². The van der Waals surface area contributed by atoms with Crippen LogP contribution < -0.4 is 10.2 Å². The molecule has 2 aromatic heterocycles. The number of anilines is 2. The third-order valence-corrected chi connectivity index (χ3v) is 4.88. The summed E-state index contributed by atoms with van der Waals surface area (Å²) in [6, 6.07) is 10.3. The van der Waals surface area contributed by atoms with Gasteiger partial charge in [-0.2, -0.15) is 23.0 Å². The lowest BCUT2D eigenvalue weighted by Crippen LogP contribution is -2.23. The summed E-state index contributed by atoms with van der Waals surface area (Å²) < 4.78 is 39.6. The third-order valence-electron chi connectivity index (χ3n) is 4.88. The maximum Gasteiger partial charge on any atom is 0.417 e. The molecule has 0 atom stereocenters. The van der Waals surface area contributed by atoms with Crippen LogP contribution in [0.2, 0.25) is 0 Å². The van der Waals surface area contributed by atoms with Gasteiger partial charge in [0.25, 0.3) is 5.91 Å². The van der Waals surface area contributed by atoms with Crippen LogP contribution in [-0.4, -0.2) is 33.1 Å². The highest BCUT2D eigenvalue weighted by Gasteiger charge is 2.31. The molecule has 2 amide bonds. The molecule has 0 unspecified atom stereocenters. The lowest BCUT2D eigenvalue weighted by molar-refractivity contribution is -0.137. The highest BCUT2D eigenvalue weighted by molar-refractivity contribution is 6.04. The summed E-state index contributed by atoms with van der Waals surface area (Å²) in [6.07, 6.45) is -2.45. The molecule has 0 spiro atoms. The van der Waals surface area contributed by atoms with E-state index in [1.807, 2.05) is 0 Å². The number of amides is 2. The van der Waals surface area contributed by atoms with Gasteiger partial charge in [0.15, 0.2) is 5.82 Å². The van der Waals surface area contributed by atoms with Crippen molar-refractivity contribution >= 4 is 23.3 Å². The molecule has 1 aromatic carbocycles. The zero-order valence-corrected chi connectivity index (χ0v) is 16.5. The number of nitrogens with zero attached hydrogens (tertiary/aromatic N) is 4. The molecule has 3 heterocycles. The standard InChI is InChI=1S/C21H18F3N5O2/c1-13-11-18(29(27-13)17-9-6-15(12-25-17)21(22,23)24)26-20(31)14-4-7-16(8-5-14)28-10-2-3-19(28)30/h4-9,11-12H,2-3,10H2,1H3,(H,26,31). The van der Waals surface area contributed by atoms with Gasteiger partial charge in [0.1, 0.15) is 5.82 Å². The van der Waals surface area contributed by atoms with E-state index in [9.17, 15) is 22.8 Å². The lowest BCUT2D eigenvalue weighted by Gasteiger charge is -2.16. The number of carbonyl (C=O) groups is 2. The maximum atomic E-state index is 12.8. The molecule has 0 bridgehead atoms. The Kier molecular flexibility index (Phi) is 5.22. The number of hydrogen-bond acceptors (Lipinski definition) is 4. The van der Waals surface area contributed by atoms with E-state index < -0.39 is 17.6 Å². The van der Waals surface area contributed by atoms with Crippen LogP contribution in [0.4, 0.5) is 24.7 Å². The van der Waals surface area contributed by atoms with E-state index in [1.165, 1.54) is 10.7 Å². The van der Waals surface area contributed by atoms with Gasteiger partial charge in [0.05, 0.1) is 11.3 Å². The minimum absolute atomic E-state index is 0.0561. The molecule has 3 aromatic rings. The molecule has 4 rings (SSSR count). The van der Waals surface area contributed by atoms with Crippen molar-refractivity contribution in [1.29, 1.82) is 0 Å². The molecule has 160 valence electrons. The molecule has 1 aliphatic rings. The van der Waals surface area contributed by atoms with E-state index in [-0.39, 0.29) is 17.5 Å². The van der Waals surface area contributed by atoms with Gasteiger partial charge in [-0.25, -0.2) is 4.98 Å². The maximum absolute atomic E-state index is 12.8. The van der Waals surface area contributed by atoms with Crippen LogP contribution in [0, 0.1) is 6.92 Å². The normalized spacial score (nSPS) is 14.2. The Morgan fingerprint density at radius 2 is 1.87 bits per heavy atom. The summed E-state index contributed by atoms with van der Waals surface area (Å²) in [5.74, 6) is 0.0424. The Balaban J connectivity index is 1.53. The molecule has 10 heteroatoms. The summed E-state index contributed by atoms with van der Waals surface area (Å²) in [7, 11) is 0. The number of pyridine rings is 1. The Morgan fingerprint density at radius 3 is 2.45 bits per heavy atom. The van der Waals surface area contributed by atoms with Gasteiger partial charge in [-0.3, -0.25) is 9.59 Å². The first-order valence-corrected chi connectivity index (χ1v) is 9.54. The zero-order valence-electron chi connectivity index (χ0n) is 16.5. The fourth-order valence-electron chi connectivity index (χ4n) is 3.34. The van der Waals surface area contributed by atoms with Crippen molar-refractivity contribution in [3.63, 3.8) is 0 Å². The molecule has 1 fully saturated rings. The first kappa shape index (κ1) is 20.6. The summed E-state index contributed by atoms with van der Waals surface area (Å²) >= 11 is 0. The fraction of sp³-hybridized carbons (Fsp3) is 0.238. The van der Waals surface area contributed by atoms with E-state index >= 15 is 0 Å². The van der Waals surface area contributed by atoms with Crippen LogP contribution in [0.1, 0.15) is 34.5 Å². The van der Waals surface area contributed by atoms with Crippen molar-refractivity contribution in [3.05, 3.63) is 65.5 Å². The number of carbonyl (C=O) groups excluding carboxylic acids is 2. The van der Waals surface area contributed by atoms with Gasteiger partial charge in [-0.05, 0) is 49.7 Å². The van der Waals surface area contributed by atoms with E-state index in [2.05, 4.69) is 15.4 Å². The second-order valence-corrected chi connectivity index (χ2v) is 7.14. The SMILES string of the molecule is Cc1cc(NC(=O)c2ccc(N3CCCC3=O)cc2)n(-c2ccc(C(F)(F)F)cn2)n1. The number of alkyl halides is 3. The predicted octanol–water partition coefficient (Wildman–Crippen LogP) is 3.97. The van der Waals surface area contributed by atoms with Gasteiger partial charge in [0.2, 0.25) is 5.91 Å². The quantitative estimate of drug-likeness (QED) is 0.681. The van der Waals surface area contributed by atoms with E-state index in [0.29, 0.717) is 24.2 Å². The minimum Gasteiger partial charge on any atom is -0.312 e. The summed E-state index contributed by atoms with van der Waals surface area (Å²) in [4.78, 5) is 30.0. The molecule has 0 saturated carbocycles.